The molecule has 1 aromatic rings. The van der Waals surface area contributed by atoms with E-state index in [1.54, 1.807) is 7.11 Å². The van der Waals surface area contributed by atoms with Gasteiger partial charge in [-0.3, -0.25) is 4.79 Å². The number of rotatable bonds is 6. The number of ether oxygens (including phenoxy) is 2. The van der Waals surface area contributed by atoms with Gasteiger partial charge >= 0.3 is 0 Å². The summed E-state index contributed by atoms with van der Waals surface area (Å²) in [5, 5.41) is 2.99. The molecule has 4 nitrogen and oxygen atoms in total. The van der Waals surface area contributed by atoms with Crippen LogP contribution in [0.4, 0.5) is 5.69 Å². The second kappa shape index (κ2) is 7.82. The molecule has 128 valence electrons. The van der Waals surface area contributed by atoms with Crippen molar-refractivity contribution in [2.75, 3.05) is 12.4 Å². The molecule has 0 spiro atoms. The van der Waals surface area contributed by atoms with Crippen molar-refractivity contribution in [3.05, 3.63) is 24.3 Å². The van der Waals surface area contributed by atoms with Gasteiger partial charge in [0.15, 0.2) is 0 Å². The van der Waals surface area contributed by atoms with Crippen molar-refractivity contribution < 1.29 is 14.3 Å². The van der Waals surface area contributed by atoms with E-state index < -0.39 is 5.60 Å². The van der Waals surface area contributed by atoms with Crippen molar-refractivity contribution >= 4 is 11.6 Å². The maximum atomic E-state index is 12.7. The summed E-state index contributed by atoms with van der Waals surface area (Å²) < 4.78 is 11.4. The first kappa shape index (κ1) is 17.8. The van der Waals surface area contributed by atoms with Crippen molar-refractivity contribution in [2.45, 2.75) is 64.6 Å². The molecule has 4 heteroatoms. The Hall–Kier alpha value is -1.55. The smallest absolute Gasteiger partial charge is 0.256 e. The predicted molar refractivity (Wildman–Crippen MR) is 92.8 cm³/mol. The first-order chi connectivity index (χ1) is 11.0. The molecular weight excluding hydrogens is 290 g/mol. The molecule has 1 saturated carbocycles. The third-order valence-electron chi connectivity index (χ3n) is 4.91. The topological polar surface area (TPSA) is 47.6 Å². The van der Waals surface area contributed by atoms with Crippen LogP contribution >= 0.6 is 0 Å². The molecule has 1 unspecified atom stereocenters. The molecule has 1 aliphatic carbocycles. The molecule has 0 saturated heterocycles. The van der Waals surface area contributed by atoms with Crippen molar-refractivity contribution in [3.63, 3.8) is 0 Å². The van der Waals surface area contributed by atoms with Crippen LogP contribution in [0, 0.1) is 5.92 Å². The fourth-order valence-corrected chi connectivity index (χ4v) is 2.93. The molecule has 0 bridgehead atoms. The van der Waals surface area contributed by atoms with Gasteiger partial charge in [0, 0.05) is 12.8 Å². The zero-order valence-electron chi connectivity index (χ0n) is 14.7. The Kier molecular flexibility index (Phi) is 6.05. The fourth-order valence-electron chi connectivity index (χ4n) is 2.93. The molecule has 0 aliphatic heterocycles. The van der Waals surface area contributed by atoms with E-state index >= 15 is 0 Å². The number of carbonyl (C=O) groups is 1. The van der Waals surface area contributed by atoms with Gasteiger partial charge in [-0.25, -0.2) is 0 Å². The first-order valence-electron chi connectivity index (χ1n) is 8.62. The Labute approximate surface area is 139 Å². The van der Waals surface area contributed by atoms with Gasteiger partial charge in [0.25, 0.3) is 5.91 Å². The normalized spacial score (nSPS) is 25.7. The van der Waals surface area contributed by atoms with Crippen LogP contribution in [-0.4, -0.2) is 24.7 Å². The van der Waals surface area contributed by atoms with E-state index in [0.29, 0.717) is 5.92 Å². The number of hydrogen-bond acceptors (Lipinski definition) is 3. The number of nitrogens with one attached hydrogen (secondary N) is 1. The van der Waals surface area contributed by atoms with E-state index in [9.17, 15) is 4.79 Å². The van der Waals surface area contributed by atoms with Crippen molar-refractivity contribution in [1.82, 2.24) is 0 Å². The van der Waals surface area contributed by atoms with Crippen LogP contribution in [0.1, 0.15) is 52.9 Å². The lowest BCUT2D eigenvalue weighted by Gasteiger charge is -2.36. The Morgan fingerprint density at radius 1 is 1.30 bits per heavy atom. The number of amides is 1. The minimum atomic E-state index is -0.682. The summed E-state index contributed by atoms with van der Waals surface area (Å²) in [6, 6.07) is 7.54. The van der Waals surface area contributed by atoms with Crippen LogP contribution in [0.15, 0.2) is 24.3 Å². The summed E-state index contributed by atoms with van der Waals surface area (Å²) in [5.74, 6) is 1.45. The van der Waals surface area contributed by atoms with Crippen LogP contribution in [0.25, 0.3) is 0 Å². The molecule has 1 N–H and O–H groups in total. The Balaban J connectivity index is 1.99. The molecule has 0 aromatic heterocycles. The Morgan fingerprint density at radius 2 is 1.91 bits per heavy atom. The van der Waals surface area contributed by atoms with Crippen molar-refractivity contribution in [3.8, 4) is 5.75 Å². The van der Waals surface area contributed by atoms with Gasteiger partial charge in [0.1, 0.15) is 11.4 Å². The average Bonchev–Trinajstić information content (AvgIpc) is 2.57. The SMILES string of the molecule is CCC(C)Oc1ccc(NC(=O)C2(OC)CCC(C)CC2)cc1. The highest BCUT2D eigenvalue weighted by molar-refractivity contribution is 5.97. The summed E-state index contributed by atoms with van der Waals surface area (Å²) in [5.41, 5.74) is 0.0971. The molecule has 23 heavy (non-hydrogen) atoms. The number of carbonyl (C=O) groups excluding carboxylic acids is 1. The lowest BCUT2D eigenvalue weighted by Crippen LogP contribution is -2.47. The Morgan fingerprint density at radius 3 is 2.43 bits per heavy atom. The first-order valence-corrected chi connectivity index (χ1v) is 8.62. The predicted octanol–water partition coefficient (Wildman–Crippen LogP) is 4.40. The molecule has 0 heterocycles. The van der Waals surface area contributed by atoms with Gasteiger partial charge < -0.3 is 14.8 Å². The third kappa shape index (κ3) is 4.47. The molecule has 0 radical (unpaired) electrons. The zero-order valence-corrected chi connectivity index (χ0v) is 14.7. The molecule has 1 amide bonds. The molecule has 1 aromatic carbocycles. The van der Waals surface area contributed by atoms with Crippen LogP contribution in [0.5, 0.6) is 5.75 Å². The minimum absolute atomic E-state index is 0.0394. The van der Waals surface area contributed by atoms with Crippen molar-refractivity contribution in [2.24, 2.45) is 5.92 Å². The van der Waals surface area contributed by atoms with E-state index in [1.807, 2.05) is 31.2 Å². The minimum Gasteiger partial charge on any atom is -0.491 e. The van der Waals surface area contributed by atoms with Crippen LogP contribution in [-0.2, 0) is 9.53 Å². The van der Waals surface area contributed by atoms with Crippen molar-refractivity contribution in [1.29, 1.82) is 0 Å². The number of hydrogen-bond donors (Lipinski definition) is 1. The van der Waals surface area contributed by atoms with Gasteiger partial charge in [-0.15, -0.1) is 0 Å². The standard InChI is InChI=1S/C19H29NO3/c1-5-15(3)23-17-8-6-16(7-9-17)20-18(21)19(22-4)12-10-14(2)11-13-19/h6-9,14-15H,5,10-13H2,1-4H3,(H,20,21). The maximum Gasteiger partial charge on any atom is 0.256 e. The maximum absolute atomic E-state index is 12.7. The third-order valence-corrected chi connectivity index (χ3v) is 4.91. The lowest BCUT2D eigenvalue weighted by molar-refractivity contribution is -0.142. The number of anilines is 1. The largest absolute Gasteiger partial charge is 0.491 e. The number of benzene rings is 1. The number of methoxy groups -OCH3 is 1. The highest BCUT2D eigenvalue weighted by Crippen LogP contribution is 2.35. The van der Waals surface area contributed by atoms with Crippen LogP contribution < -0.4 is 10.1 Å². The summed E-state index contributed by atoms with van der Waals surface area (Å²) in [6.45, 7) is 6.37. The fraction of sp³-hybridized carbons (Fsp3) is 0.632. The Bertz CT molecular complexity index is 504. The molecular formula is C19H29NO3. The monoisotopic (exact) mass is 319 g/mol. The van der Waals surface area contributed by atoms with Crippen LogP contribution in [0.2, 0.25) is 0 Å². The quantitative estimate of drug-likeness (QED) is 0.845. The van der Waals surface area contributed by atoms with Gasteiger partial charge in [-0.2, -0.15) is 0 Å². The highest BCUT2D eigenvalue weighted by atomic mass is 16.5. The van der Waals surface area contributed by atoms with E-state index in [1.165, 1.54) is 0 Å². The summed E-state index contributed by atoms with van der Waals surface area (Å²) in [6.07, 6.45) is 4.78. The summed E-state index contributed by atoms with van der Waals surface area (Å²) in [4.78, 5) is 12.7. The van der Waals surface area contributed by atoms with Gasteiger partial charge in [-0.05, 0) is 69.2 Å². The van der Waals surface area contributed by atoms with E-state index in [4.69, 9.17) is 9.47 Å². The van der Waals surface area contributed by atoms with Gasteiger partial charge in [0.2, 0.25) is 0 Å². The second-order valence-corrected chi connectivity index (χ2v) is 6.70. The molecule has 1 aliphatic rings. The lowest BCUT2D eigenvalue weighted by atomic mass is 9.79. The second-order valence-electron chi connectivity index (χ2n) is 6.70. The zero-order chi connectivity index (χ0) is 16.9. The molecule has 2 rings (SSSR count). The van der Waals surface area contributed by atoms with Gasteiger partial charge in [0.05, 0.1) is 6.10 Å². The van der Waals surface area contributed by atoms with E-state index in [0.717, 1.165) is 43.5 Å². The van der Waals surface area contributed by atoms with Gasteiger partial charge in [-0.1, -0.05) is 13.8 Å². The van der Waals surface area contributed by atoms with E-state index in [2.05, 4.69) is 19.2 Å². The average molecular weight is 319 g/mol. The molecule has 1 atom stereocenters. The summed E-state index contributed by atoms with van der Waals surface area (Å²) >= 11 is 0. The summed E-state index contributed by atoms with van der Waals surface area (Å²) in [7, 11) is 1.64. The van der Waals surface area contributed by atoms with E-state index in [-0.39, 0.29) is 12.0 Å². The molecule has 1 fully saturated rings. The highest BCUT2D eigenvalue weighted by Gasteiger charge is 2.41. The van der Waals surface area contributed by atoms with Crippen LogP contribution in [0.3, 0.4) is 0 Å².